The van der Waals surface area contributed by atoms with Gasteiger partial charge in [-0.05, 0) is 6.92 Å². The van der Waals surface area contributed by atoms with Gasteiger partial charge in [0.25, 0.3) is 5.56 Å². The summed E-state index contributed by atoms with van der Waals surface area (Å²) >= 11 is 0. The summed E-state index contributed by atoms with van der Waals surface area (Å²) in [6.07, 6.45) is 4.58. The first-order chi connectivity index (χ1) is 4.34. The zero-order chi connectivity index (χ0) is 6.69. The van der Waals surface area contributed by atoms with Crippen LogP contribution in [0.3, 0.4) is 0 Å². The number of hydrogen-bond acceptors (Lipinski definition) is 2. The Bertz CT molecular complexity index is 241. The van der Waals surface area contributed by atoms with Crippen LogP contribution in [0.4, 0.5) is 0 Å². The van der Waals surface area contributed by atoms with E-state index in [4.69, 9.17) is 0 Å². The van der Waals surface area contributed by atoms with Crippen LogP contribution in [0.5, 0.6) is 0 Å². The molecule has 0 radical (unpaired) electrons. The van der Waals surface area contributed by atoms with E-state index in [2.05, 4.69) is 4.98 Å². The molecule has 0 bridgehead atoms. The Labute approximate surface area is 53.0 Å². The smallest absolute Gasteiger partial charge is 0.268 e. The molecule has 3 heteroatoms. The van der Waals surface area contributed by atoms with Crippen LogP contribution in [0.25, 0.3) is 0 Å². The van der Waals surface area contributed by atoms with Crippen LogP contribution in [0.15, 0.2) is 23.4 Å². The highest BCUT2D eigenvalue weighted by molar-refractivity contribution is 4.79. The molecular weight excluding hydrogens is 116 g/mol. The largest absolute Gasteiger partial charge is 0.313 e. The predicted molar refractivity (Wildman–Crippen MR) is 34.2 cm³/mol. The average Bonchev–Trinajstić information content (AvgIpc) is 1.89. The minimum Gasteiger partial charge on any atom is -0.313 e. The van der Waals surface area contributed by atoms with Gasteiger partial charge in [-0.25, -0.2) is 0 Å². The van der Waals surface area contributed by atoms with E-state index in [1.54, 1.807) is 17.0 Å². The molecule has 0 saturated heterocycles. The lowest BCUT2D eigenvalue weighted by Gasteiger charge is -1.95. The lowest BCUT2D eigenvalue weighted by molar-refractivity contribution is 0.717. The monoisotopic (exact) mass is 124 g/mol. The Morgan fingerprint density at radius 1 is 1.78 bits per heavy atom. The maximum absolute atomic E-state index is 10.8. The molecule has 48 valence electrons. The standard InChI is InChI=1S/C6H8N2O/c1-2-8-4-3-7-5-6(8)9/h3-5H,2H2,1H3. The molecule has 1 aromatic heterocycles. The van der Waals surface area contributed by atoms with Crippen LogP contribution in [-0.2, 0) is 6.54 Å². The highest BCUT2D eigenvalue weighted by Crippen LogP contribution is 1.74. The summed E-state index contributed by atoms with van der Waals surface area (Å²) in [4.78, 5) is 14.4. The van der Waals surface area contributed by atoms with E-state index in [9.17, 15) is 4.79 Å². The molecule has 0 fully saturated rings. The lowest BCUT2D eigenvalue weighted by Crippen LogP contribution is -2.17. The third-order valence-corrected chi connectivity index (χ3v) is 1.14. The molecule has 1 aromatic rings. The minimum atomic E-state index is -0.0417. The van der Waals surface area contributed by atoms with Crippen molar-refractivity contribution in [1.82, 2.24) is 9.55 Å². The summed E-state index contributed by atoms with van der Waals surface area (Å²) in [5, 5.41) is 0. The van der Waals surface area contributed by atoms with Gasteiger partial charge in [0.2, 0.25) is 0 Å². The van der Waals surface area contributed by atoms with Crippen LogP contribution in [-0.4, -0.2) is 9.55 Å². The number of aryl methyl sites for hydroxylation is 1. The van der Waals surface area contributed by atoms with Crippen molar-refractivity contribution in [3.63, 3.8) is 0 Å². The third kappa shape index (κ3) is 1.16. The van der Waals surface area contributed by atoms with Gasteiger partial charge >= 0.3 is 0 Å². The van der Waals surface area contributed by atoms with Crippen LogP contribution in [0.1, 0.15) is 6.92 Å². The molecule has 0 aromatic carbocycles. The second-order valence-corrected chi connectivity index (χ2v) is 1.70. The topological polar surface area (TPSA) is 34.9 Å². The van der Waals surface area contributed by atoms with Gasteiger partial charge in [0.05, 0.1) is 6.20 Å². The first-order valence-electron chi connectivity index (χ1n) is 2.85. The van der Waals surface area contributed by atoms with Crippen molar-refractivity contribution in [3.05, 3.63) is 28.9 Å². The maximum atomic E-state index is 10.8. The zero-order valence-electron chi connectivity index (χ0n) is 5.24. The summed E-state index contributed by atoms with van der Waals surface area (Å²) in [5.41, 5.74) is -0.0417. The first kappa shape index (κ1) is 6.01. The van der Waals surface area contributed by atoms with Crippen molar-refractivity contribution in [2.45, 2.75) is 13.5 Å². The quantitative estimate of drug-likeness (QED) is 0.538. The third-order valence-electron chi connectivity index (χ3n) is 1.14. The molecular formula is C6H8N2O. The highest BCUT2D eigenvalue weighted by atomic mass is 16.1. The second-order valence-electron chi connectivity index (χ2n) is 1.70. The summed E-state index contributed by atoms with van der Waals surface area (Å²) in [7, 11) is 0. The van der Waals surface area contributed by atoms with E-state index < -0.39 is 0 Å². The lowest BCUT2D eigenvalue weighted by atomic mass is 10.6. The van der Waals surface area contributed by atoms with Gasteiger partial charge in [-0.3, -0.25) is 9.78 Å². The van der Waals surface area contributed by atoms with Crippen LogP contribution in [0.2, 0.25) is 0 Å². The molecule has 0 spiro atoms. The zero-order valence-corrected chi connectivity index (χ0v) is 5.24. The minimum absolute atomic E-state index is 0.0417. The summed E-state index contributed by atoms with van der Waals surface area (Å²) in [5.74, 6) is 0. The van der Waals surface area contributed by atoms with E-state index in [-0.39, 0.29) is 5.56 Å². The number of nitrogens with zero attached hydrogens (tertiary/aromatic N) is 2. The Balaban J connectivity index is 3.16. The van der Waals surface area contributed by atoms with E-state index in [0.717, 1.165) is 0 Å². The Hall–Kier alpha value is -1.12. The van der Waals surface area contributed by atoms with Gasteiger partial charge in [0, 0.05) is 18.9 Å². The van der Waals surface area contributed by atoms with E-state index >= 15 is 0 Å². The summed E-state index contributed by atoms with van der Waals surface area (Å²) in [6.45, 7) is 2.63. The molecule has 0 aliphatic heterocycles. The second kappa shape index (κ2) is 2.44. The van der Waals surface area contributed by atoms with Gasteiger partial charge in [0.15, 0.2) is 0 Å². The van der Waals surface area contributed by atoms with Crippen LogP contribution in [0, 0.1) is 0 Å². The summed E-state index contributed by atoms with van der Waals surface area (Å²) in [6, 6.07) is 0. The molecule has 9 heavy (non-hydrogen) atoms. The van der Waals surface area contributed by atoms with Gasteiger partial charge in [-0.2, -0.15) is 0 Å². The normalized spacial score (nSPS) is 9.44. The van der Waals surface area contributed by atoms with Gasteiger partial charge < -0.3 is 4.57 Å². The van der Waals surface area contributed by atoms with Gasteiger partial charge in [0.1, 0.15) is 0 Å². The average molecular weight is 124 g/mol. The number of aromatic nitrogens is 2. The van der Waals surface area contributed by atoms with Crippen molar-refractivity contribution >= 4 is 0 Å². The van der Waals surface area contributed by atoms with Crippen LogP contribution >= 0.6 is 0 Å². The maximum Gasteiger partial charge on any atom is 0.268 e. The van der Waals surface area contributed by atoms with Crippen molar-refractivity contribution < 1.29 is 0 Å². The molecule has 0 aliphatic carbocycles. The molecule has 0 unspecified atom stereocenters. The van der Waals surface area contributed by atoms with Gasteiger partial charge in [-0.1, -0.05) is 0 Å². The number of rotatable bonds is 1. The first-order valence-corrected chi connectivity index (χ1v) is 2.85. The molecule has 0 aliphatic rings. The predicted octanol–water partition coefficient (Wildman–Crippen LogP) is 0.263. The number of hydrogen-bond donors (Lipinski definition) is 0. The van der Waals surface area contributed by atoms with Crippen LogP contribution < -0.4 is 5.56 Å². The van der Waals surface area contributed by atoms with E-state index in [1.165, 1.54) is 6.20 Å². The molecule has 3 nitrogen and oxygen atoms in total. The SMILES string of the molecule is CCn1ccncc1=O. The molecule has 1 rings (SSSR count). The van der Waals surface area contributed by atoms with Crippen molar-refractivity contribution in [3.8, 4) is 0 Å². The molecule has 1 heterocycles. The molecule has 0 N–H and O–H groups in total. The molecule has 0 atom stereocenters. The highest BCUT2D eigenvalue weighted by Gasteiger charge is 1.86. The molecule has 0 amide bonds. The Morgan fingerprint density at radius 3 is 3.00 bits per heavy atom. The fraction of sp³-hybridized carbons (Fsp3) is 0.333. The molecule has 0 saturated carbocycles. The van der Waals surface area contributed by atoms with Gasteiger partial charge in [-0.15, -0.1) is 0 Å². The Morgan fingerprint density at radius 2 is 2.56 bits per heavy atom. The van der Waals surface area contributed by atoms with Crippen molar-refractivity contribution in [2.75, 3.05) is 0 Å². The van der Waals surface area contributed by atoms with E-state index in [0.29, 0.717) is 6.54 Å². The summed E-state index contributed by atoms with van der Waals surface area (Å²) < 4.78 is 1.59. The van der Waals surface area contributed by atoms with E-state index in [1.807, 2.05) is 6.92 Å². The van der Waals surface area contributed by atoms with Crippen molar-refractivity contribution in [1.29, 1.82) is 0 Å². The fourth-order valence-corrected chi connectivity index (χ4v) is 0.635. The fourth-order valence-electron chi connectivity index (χ4n) is 0.635. The Kier molecular flexibility index (Phi) is 1.63. The van der Waals surface area contributed by atoms with Crippen molar-refractivity contribution in [2.24, 2.45) is 0 Å².